The summed E-state index contributed by atoms with van der Waals surface area (Å²) in [5.74, 6) is -1.97. The molecule has 5 aliphatic rings. The Morgan fingerprint density at radius 1 is 1.08 bits per heavy atom. The number of aliphatic hydroxyl groups excluding tert-OH is 1. The maximum absolute atomic E-state index is 13.3. The van der Waals surface area contributed by atoms with Crippen LogP contribution in [-0.2, 0) is 14.3 Å². The minimum atomic E-state index is -1.90. The molecule has 9 heteroatoms. The Labute approximate surface area is 222 Å². The summed E-state index contributed by atoms with van der Waals surface area (Å²) in [6, 6.07) is 0. The summed E-state index contributed by atoms with van der Waals surface area (Å²) in [5, 5.41) is 58.1. The number of carbonyl (C=O) groups is 2. The lowest BCUT2D eigenvalue weighted by atomic mass is 9.41. The molecule has 0 unspecified atom stereocenters. The molecule has 1 aliphatic heterocycles. The van der Waals surface area contributed by atoms with Crippen molar-refractivity contribution in [2.24, 2.45) is 22.7 Å². The molecular weight excluding hydrogens is 500 g/mol. The number of alkyl halides is 1. The van der Waals surface area contributed by atoms with Gasteiger partial charge in [-0.25, -0.2) is 4.79 Å². The van der Waals surface area contributed by atoms with Crippen LogP contribution >= 0.6 is 11.6 Å². The summed E-state index contributed by atoms with van der Waals surface area (Å²) >= 11 is 6.75. The molecule has 0 spiro atoms. The zero-order chi connectivity index (χ0) is 27.6. The van der Waals surface area contributed by atoms with Gasteiger partial charge in [-0.3, -0.25) is 4.79 Å². The van der Waals surface area contributed by atoms with Crippen LogP contribution in [0.5, 0.6) is 0 Å². The largest absolute Gasteiger partial charge is 0.455 e. The van der Waals surface area contributed by atoms with Gasteiger partial charge in [-0.2, -0.15) is 0 Å². The Bertz CT molecular complexity index is 1120. The van der Waals surface area contributed by atoms with Crippen LogP contribution in [0.1, 0.15) is 73.1 Å². The molecule has 37 heavy (non-hydrogen) atoms. The van der Waals surface area contributed by atoms with Crippen LogP contribution < -0.4 is 0 Å². The second kappa shape index (κ2) is 7.89. The lowest BCUT2D eigenvalue weighted by Crippen LogP contribution is -2.77. The van der Waals surface area contributed by atoms with E-state index < -0.39 is 68.6 Å². The first-order chi connectivity index (χ1) is 16.9. The van der Waals surface area contributed by atoms with E-state index in [1.807, 2.05) is 0 Å². The van der Waals surface area contributed by atoms with E-state index >= 15 is 0 Å². The lowest BCUT2D eigenvalue weighted by Gasteiger charge is -2.67. The number of halogens is 1. The number of esters is 1. The van der Waals surface area contributed by atoms with Gasteiger partial charge in [-0.1, -0.05) is 12.5 Å². The molecule has 0 saturated heterocycles. The summed E-state index contributed by atoms with van der Waals surface area (Å²) in [6.07, 6.45) is 1.42. The lowest BCUT2D eigenvalue weighted by molar-refractivity contribution is -0.294. The van der Waals surface area contributed by atoms with E-state index in [9.17, 15) is 35.1 Å². The van der Waals surface area contributed by atoms with Crippen molar-refractivity contribution in [2.45, 2.75) is 113 Å². The second-order valence-corrected chi connectivity index (χ2v) is 13.4. The van der Waals surface area contributed by atoms with Crippen LogP contribution in [0.3, 0.4) is 0 Å². The summed E-state index contributed by atoms with van der Waals surface area (Å²) in [6.45, 7) is 8.32. The van der Waals surface area contributed by atoms with Gasteiger partial charge >= 0.3 is 5.97 Å². The van der Waals surface area contributed by atoms with Crippen molar-refractivity contribution in [3.05, 3.63) is 23.3 Å². The second-order valence-electron chi connectivity index (χ2n) is 12.9. The predicted molar refractivity (Wildman–Crippen MR) is 134 cm³/mol. The van der Waals surface area contributed by atoms with Gasteiger partial charge in [-0.05, 0) is 83.8 Å². The van der Waals surface area contributed by atoms with Crippen LogP contribution in [0.4, 0.5) is 0 Å². The van der Waals surface area contributed by atoms with Crippen molar-refractivity contribution in [1.29, 1.82) is 0 Å². The molecule has 8 nitrogen and oxygen atoms in total. The first kappa shape index (κ1) is 27.3. The van der Waals surface area contributed by atoms with Crippen molar-refractivity contribution in [2.75, 3.05) is 0 Å². The third-order valence-electron chi connectivity index (χ3n) is 11.8. The molecule has 0 aromatic heterocycles. The van der Waals surface area contributed by atoms with Gasteiger partial charge in [-0.15, -0.1) is 11.6 Å². The molecule has 1 heterocycles. The van der Waals surface area contributed by atoms with E-state index in [2.05, 4.69) is 0 Å². The van der Waals surface area contributed by atoms with Gasteiger partial charge in [0, 0.05) is 17.4 Å². The smallest absolute Gasteiger partial charge is 0.334 e. The zero-order valence-electron chi connectivity index (χ0n) is 22.1. The number of cyclic esters (lactones) is 1. The molecule has 0 radical (unpaired) electrons. The molecule has 3 saturated carbocycles. The molecular formula is C28H39ClO8. The highest BCUT2D eigenvalue weighted by Crippen LogP contribution is 2.71. The quantitative estimate of drug-likeness (QED) is 0.265. The summed E-state index contributed by atoms with van der Waals surface area (Å²) < 4.78 is 5.60. The van der Waals surface area contributed by atoms with Crippen molar-refractivity contribution < 1.29 is 39.9 Å². The van der Waals surface area contributed by atoms with Gasteiger partial charge in [0.05, 0.1) is 16.4 Å². The molecule has 3 fully saturated rings. The molecule has 4 aliphatic carbocycles. The Kier molecular flexibility index (Phi) is 5.82. The van der Waals surface area contributed by atoms with Crippen LogP contribution in [0.15, 0.2) is 23.3 Å². The van der Waals surface area contributed by atoms with Gasteiger partial charge in [0.15, 0.2) is 5.78 Å². The number of ketones is 1. The average molecular weight is 539 g/mol. The van der Waals surface area contributed by atoms with Crippen LogP contribution in [0.2, 0.25) is 0 Å². The van der Waals surface area contributed by atoms with Gasteiger partial charge in [0.25, 0.3) is 0 Å². The highest BCUT2D eigenvalue weighted by Gasteiger charge is 2.79. The standard InChI is InChI=1S/C28H39ClO8/c1-14-12-21(37-22(32)15(14)2)25(5,33)27(35)11-10-26(34)17-13-18(29)28(36)20(31)7-6-19(30)24(28,4)16(17)8-9-23(26,27)3/h6-7,16-18,20-21,31,33-36H,8-13H2,1-5H3/t16-,17+,18-,20-,21-,23-,24-,25-,26+,27-,28-/m0/s1. The van der Waals surface area contributed by atoms with Crippen molar-refractivity contribution in [3.63, 3.8) is 0 Å². The number of rotatable bonds is 2. The SMILES string of the molecule is CC1=C(C)C(=O)O[C@H]([C@](C)(O)[C@]2(O)CC[C@@]3(O)[C@@H]4C[C@H](Cl)[C@]5(O)[C@@H](O)C=CC(=O)[C@]5(C)[C@H]4CC[C@]23C)C1. The molecule has 0 aromatic rings. The summed E-state index contributed by atoms with van der Waals surface area (Å²) in [5.41, 5.74) is -8.52. The molecule has 206 valence electrons. The van der Waals surface area contributed by atoms with E-state index in [0.29, 0.717) is 12.0 Å². The van der Waals surface area contributed by atoms with Crippen LogP contribution in [0, 0.1) is 22.7 Å². The Morgan fingerprint density at radius 3 is 2.35 bits per heavy atom. The Balaban J connectivity index is 1.56. The van der Waals surface area contributed by atoms with E-state index in [1.165, 1.54) is 19.1 Å². The van der Waals surface area contributed by atoms with Crippen molar-refractivity contribution in [3.8, 4) is 0 Å². The van der Waals surface area contributed by atoms with Crippen molar-refractivity contribution >= 4 is 23.4 Å². The number of carbonyl (C=O) groups excluding carboxylic acids is 2. The van der Waals surface area contributed by atoms with Gasteiger partial charge in [0.2, 0.25) is 0 Å². The topological polar surface area (TPSA) is 145 Å². The van der Waals surface area contributed by atoms with Crippen molar-refractivity contribution in [1.82, 2.24) is 0 Å². The number of ether oxygens (including phenoxy) is 1. The molecule has 0 bridgehead atoms. The fourth-order valence-electron chi connectivity index (χ4n) is 8.98. The third kappa shape index (κ3) is 2.92. The first-order valence-corrected chi connectivity index (χ1v) is 13.7. The van der Waals surface area contributed by atoms with Gasteiger partial charge in [0.1, 0.15) is 29.0 Å². The molecule has 11 atom stereocenters. The molecule has 5 N–H and O–H groups in total. The van der Waals surface area contributed by atoms with E-state index in [0.717, 1.165) is 5.57 Å². The normalized spacial score (nSPS) is 53.2. The minimum absolute atomic E-state index is 0.0520. The zero-order valence-corrected chi connectivity index (χ0v) is 22.9. The Hall–Kier alpha value is -1.29. The maximum atomic E-state index is 13.3. The molecule has 0 amide bonds. The number of fused-ring (bicyclic) bond motifs is 5. The van der Waals surface area contributed by atoms with E-state index in [4.69, 9.17) is 16.3 Å². The monoisotopic (exact) mass is 538 g/mol. The maximum Gasteiger partial charge on any atom is 0.334 e. The number of aliphatic hydroxyl groups is 5. The number of hydrogen-bond donors (Lipinski definition) is 5. The van der Waals surface area contributed by atoms with Crippen LogP contribution in [0.25, 0.3) is 0 Å². The predicted octanol–water partition coefficient (Wildman–Crippen LogP) is 1.93. The minimum Gasteiger partial charge on any atom is -0.455 e. The first-order valence-electron chi connectivity index (χ1n) is 13.2. The van der Waals surface area contributed by atoms with E-state index in [1.54, 1.807) is 27.7 Å². The third-order valence-corrected chi connectivity index (χ3v) is 12.4. The average Bonchev–Trinajstić information content (AvgIpc) is 3.06. The number of allylic oxidation sites excluding steroid dienone is 1. The fraction of sp³-hybridized carbons (Fsp3) is 0.786. The van der Waals surface area contributed by atoms with Gasteiger partial charge < -0.3 is 30.3 Å². The Morgan fingerprint density at radius 2 is 1.73 bits per heavy atom. The van der Waals surface area contributed by atoms with Crippen LogP contribution in [-0.4, -0.2) is 77.3 Å². The highest BCUT2D eigenvalue weighted by molar-refractivity contribution is 6.22. The number of hydrogen-bond acceptors (Lipinski definition) is 8. The summed E-state index contributed by atoms with van der Waals surface area (Å²) in [4.78, 5) is 25.8. The van der Waals surface area contributed by atoms with E-state index in [-0.39, 0.29) is 37.9 Å². The summed E-state index contributed by atoms with van der Waals surface area (Å²) in [7, 11) is 0. The fourth-order valence-corrected chi connectivity index (χ4v) is 9.53. The molecule has 5 rings (SSSR count). The highest BCUT2D eigenvalue weighted by atomic mass is 35.5. The molecule has 0 aromatic carbocycles.